The third-order valence-electron chi connectivity index (χ3n) is 6.95. The first-order valence-corrected chi connectivity index (χ1v) is 14.8. The molecule has 0 amide bonds. The Bertz CT molecular complexity index is 1520. The molecule has 0 atom stereocenters. The molecule has 13 heteroatoms. The topological polar surface area (TPSA) is 122 Å². The van der Waals surface area contributed by atoms with E-state index in [4.69, 9.17) is 15.0 Å². The molecule has 1 aliphatic heterocycles. The zero-order chi connectivity index (χ0) is 29.6. The number of ether oxygens (including phenoxy) is 1. The lowest BCUT2D eigenvalue weighted by Gasteiger charge is -2.32. The van der Waals surface area contributed by atoms with Crippen LogP contribution in [0.5, 0.6) is 5.75 Å². The van der Waals surface area contributed by atoms with Crippen molar-refractivity contribution in [1.82, 2.24) is 9.47 Å². The lowest BCUT2D eigenvalue weighted by molar-refractivity contribution is -0.140. The maximum atomic E-state index is 13.6. The van der Waals surface area contributed by atoms with Gasteiger partial charge in [0.25, 0.3) is 0 Å². The number of aromatic nitrogens is 1. The number of hydrogen-bond donors (Lipinski definition) is 4. The van der Waals surface area contributed by atoms with E-state index in [-0.39, 0.29) is 35.5 Å². The Morgan fingerprint density at radius 3 is 2.56 bits per heavy atom. The number of nitrogens with zero attached hydrogens (tertiary/aromatic N) is 2. The molecular weight excluding hydrogens is 559 g/mol. The summed E-state index contributed by atoms with van der Waals surface area (Å²) < 4.78 is 70.3. The van der Waals surface area contributed by atoms with Gasteiger partial charge in [-0.15, -0.1) is 0 Å². The van der Waals surface area contributed by atoms with Gasteiger partial charge in [0, 0.05) is 49.4 Å². The first kappa shape index (κ1) is 30.5. The summed E-state index contributed by atoms with van der Waals surface area (Å²) in [4.78, 5) is 2.19. The molecule has 0 saturated carbocycles. The quantitative estimate of drug-likeness (QED) is 0.265. The van der Waals surface area contributed by atoms with Gasteiger partial charge in [-0.1, -0.05) is 12.0 Å². The normalized spacial score (nSPS) is 15.0. The Kier molecular flexibility index (Phi) is 9.70. The monoisotopic (exact) mass is 593 g/mol. The summed E-state index contributed by atoms with van der Waals surface area (Å²) in [6, 6.07) is 11.2. The highest BCUT2D eigenvalue weighted by Gasteiger charge is 2.30. The number of nitrogens with two attached hydrogens (primary N) is 1. The number of sulfonamides is 1. The van der Waals surface area contributed by atoms with E-state index in [2.05, 4.69) is 27.4 Å². The predicted octanol–water partition coefficient (Wildman–Crippen LogP) is 3.58. The minimum absolute atomic E-state index is 0.0680. The first-order chi connectivity index (χ1) is 19.5. The fraction of sp³-hybridized carbons (Fsp3) is 0.429. The maximum Gasteiger partial charge on any atom is 0.406 e. The van der Waals surface area contributed by atoms with Crippen molar-refractivity contribution >= 4 is 32.3 Å². The molecule has 5 N–H and O–H groups in total. The minimum Gasteiger partial charge on any atom is -0.495 e. The number of anilines is 2. The van der Waals surface area contributed by atoms with Gasteiger partial charge in [0.05, 0.1) is 35.4 Å². The smallest absolute Gasteiger partial charge is 0.406 e. The Morgan fingerprint density at radius 2 is 1.90 bits per heavy atom. The summed E-state index contributed by atoms with van der Waals surface area (Å²) in [6.45, 7) is 1.69. The molecule has 1 fully saturated rings. The number of rotatable bonds is 10. The second-order valence-corrected chi connectivity index (χ2v) is 11.4. The zero-order valence-electron chi connectivity index (χ0n) is 22.7. The summed E-state index contributed by atoms with van der Waals surface area (Å²) in [5, 5.41) is 21.4. The van der Waals surface area contributed by atoms with Crippen LogP contribution >= 0.6 is 0 Å². The lowest BCUT2D eigenvalue weighted by Crippen LogP contribution is -2.39. The van der Waals surface area contributed by atoms with E-state index in [1.807, 2.05) is 6.07 Å². The van der Waals surface area contributed by atoms with Gasteiger partial charge in [0.15, 0.2) is 0 Å². The Balaban J connectivity index is 1.54. The third kappa shape index (κ3) is 8.07. The van der Waals surface area contributed by atoms with Gasteiger partial charge in [-0.25, -0.2) is 13.6 Å². The Hall–Kier alpha value is -3.44. The number of methoxy groups -OCH3 is 1. The van der Waals surface area contributed by atoms with Crippen LogP contribution in [-0.4, -0.2) is 75.1 Å². The van der Waals surface area contributed by atoms with Crippen LogP contribution in [0.25, 0.3) is 10.9 Å². The van der Waals surface area contributed by atoms with E-state index in [0.29, 0.717) is 16.6 Å². The highest BCUT2D eigenvalue weighted by molar-refractivity contribution is 7.89. The molecule has 0 aliphatic carbocycles. The summed E-state index contributed by atoms with van der Waals surface area (Å²) in [5.41, 5.74) is 1.88. The van der Waals surface area contributed by atoms with Crippen LogP contribution in [0, 0.1) is 11.8 Å². The van der Waals surface area contributed by atoms with Crippen molar-refractivity contribution in [3.05, 3.63) is 48.2 Å². The average molecular weight is 594 g/mol. The largest absolute Gasteiger partial charge is 0.495 e. The molecule has 0 spiro atoms. The highest BCUT2D eigenvalue weighted by Crippen LogP contribution is 2.31. The number of hydrogen-bond acceptors (Lipinski definition) is 7. The van der Waals surface area contributed by atoms with Gasteiger partial charge in [-0.05, 0) is 55.5 Å². The highest BCUT2D eigenvalue weighted by atomic mass is 32.2. The standard InChI is InChI=1S/C28H34F3N5O4S/c1-40-27-18-22(41(32,38)39)8-9-25(27)33-12-3-5-21-17-23-24(6-2-7-26(23)36(21)19-28(29,30)31)34-20-10-14-35(15-11-20)13-4-16-37/h2,6-9,17-18,20,33-34,37H,4,10-16,19H2,1H3,(H2,32,38,39). The second-order valence-electron chi connectivity index (χ2n) is 9.87. The van der Waals surface area contributed by atoms with Crippen LogP contribution < -0.4 is 20.5 Å². The molecule has 0 unspecified atom stereocenters. The number of aliphatic hydroxyl groups is 1. The molecule has 222 valence electrons. The number of benzene rings is 2. The van der Waals surface area contributed by atoms with Crippen LogP contribution in [0.4, 0.5) is 24.5 Å². The van der Waals surface area contributed by atoms with Gasteiger partial charge < -0.3 is 29.9 Å². The molecule has 2 aromatic carbocycles. The van der Waals surface area contributed by atoms with Crippen molar-refractivity contribution in [2.24, 2.45) is 5.14 Å². The molecule has 9 nitrogen and oxygen atoms in total. The van der Waals surface area contributed by atoms with Gasteiger partial charge in [0.2, 0.25) is 10.0 Å². The van der Waals surface area contributed by atoms with E-state index in [0.717, 1.165) is 44.6 Å². The molecule has 0 bridgehead atoms. The molecule has 1 aliphatic rings. The van der Waals surface area contributed by atoms with Crippen LogP contribution in [0.15, 0.2) is 47.4 Å². The summed E-state index contributed by atoms with van der Waals surface area (Å²) in [6.07, 6.45) is -1.91. The number of likely N-dealkylation sites (tertiary alicyclic amines) is 1. The molecule has 0 radical (unpaired) electrons. The van der Waals surface area contributed by atoms with Gasteiger partial charge in [0.1, 0.15) is 12.3 Å². The van der Waals surface area contributed by atoms with Crippen molar-refractivity contribution in [3.63, 3.8) is 0 Å². The summed E-state index contributed by atoms with van der Waals surface area (Å²) in [5.74, 6) is 5.96. The SMILES string of the molecule is COc1cc(S(N)(=O)=O)ccc1NCC#Cc1cc2c(NC3CCN(CCCO)CC3)cccc2n1CC(F)(F)F. The number of piperidine rings is 1. The number of nitrogens with one attached hydrogen (secondary N) is 2. The number of aliphatic hydroxyl groups excluding tert-OH is 1. The van der Waals surface area contributed by atoms with Crippen LogP contribution in [-0.2, 0) is 16.6 Å². The third-order valence-corrected chi connectivity index (χ3v) is 7.86. The molecular formula is C28H34F3N5O4S. The lowest BCUT2D eigenvalue weighted by atomic mass is 10.0. The predicted molar refractivity (Wildman–Crippen MR) is 153 cm³/mol. The van der Waals surface area contributed by atoms with E-state index in [9.17, 15) is 21.6 Å². The van der Waals surface area contributed by atoms with Crippen LogP contribution in [0.2, 0.25) is 0 Å². The zero-order valence-corrected chi connectivity index (χ0v) is 23.5. The van der Waals surface area contributed by atoms with E-state index in [1.165, 1.54) is 29.9 Å². The Labute approximate surface area is 237 Å². The maximum absolute atomic E-state index is 13.6. The number of primary sulfonamides is 1. The Morgan fingerprint density at radius 1 is 1.15 bits per heavy atom. The van der Waals surface area contributed by atoms with E-state index in [1.54, 1.807) is 18.2 Å². The van der Waals surface area contributed by atoms with Crippen molar-refractivity contribution in [1.29, 1.82) is 0 Å². The van der Waals surface area contributed by atoms with E-state index < -0.39 is 22.7 Å². The van der Waals surface area contributed by atoms with E-state index >= 15 is 0 Å². The summed E-state index contributed by atoms with van der Waals surface area (Å²) in [7, 11) is -2.54. The number of fused-ring (bicyclic) bond motifs is 1. The average Bonchev–Trinajstić information content (AvgIpc) is 3.26. The van der Waals surface area contributed by atoms with Crippen molar-refractivity contribution in [2.75, 3.05) is 50.5 Å². The molecule has 41 heavy (non-hydrogen) atoms. The summed E-state index contributed by atoms with van der Waals surface area (Å²) >= 11 is 0. The first-order valence-electron chi connectivity index (χ1n) is 13.2. The molecule has 1 saturated heterocycles. The fourth-order valence-electron chi connectivity index (χ4n) is 4.95. The van der Waals surface area contributed by atoms with Gasteiger partial charge in [-0.2, -0.15) is 13.2 Å². The van der Waals surface area contributed by atoms with Crippen molar-refractivity contribution < 1.29 is 31.4 Å². The van der Waals surface area contributed by atoms with Gasteiger partial charge >= 0.3 is 6.18 Å². The van der Waals surface area contributed by atoms with Crippen molar-refractivity contribution in [2.45, 2.75) is 42.9 Å². The van der Waals surface area contributed by atoms with Crippen molar-refractivity contribution in [3.8, 4) is 17.6 Å². The van der Waals surface area contributed by atoms with Crippen LogP contribution in [0.3, 0.4) is 0 Å². The fourth-order valence-corrected chi connectivity index (χ4v) is 5.48. The molecule has 1 aromatic heterocycles. The second kappa shape index (κ2) is 13.0. The molecule has 2 heterocycles. The number of halogens is 3. The minimum atomic E-state index is -4.44. The van der Waals surface area contributed by atoms with Crippen LogP contribution in [0.1, 0.15) is 25.0 Å². The number of alkyl halides is 3. The van der Waals surface area contributed by atoms with Gasteiger partial charge in [-0.3, -0.25) is 0 Å². The molecule has 3 aromatic rings. The molecule has 4 rings (SSSR count).